The molecule has 4 aromatic carbocycles. The molecule has 10 heteroatoms. The second-order valence-electron chi connectivity index (χ2n) is 10.1. The Balaban J connectivity index is 1.79. The number of hydrogen-bond donors (Lipinski definition) is 1. The number of carbonyl (C=O) groups is 2. The summed E-state index contributed by atoms with van der Waals surface area (Å²) in [5.74, 6) is -0.855. The first-order valence-corrected chi connectivity index (χ1v) is 16.4. The number of rotatable bonds is 12. The second kappa shape index (κ2) is 14.7. The first kappa shape index (κ1) is 32.3. The van der Waals surface area contributed by atoms with Gasteiger partial charge in [-0.05, 0) is 73.5 Å². The monoisotopic (exact) mass is 681 g/mol. The maximum absolute atomic E-state index is 14.4. The second-order valence-corrected chi connectivity index (χ2v) is 13.3. The third-order valence-electron chi connectivity index (χ3n) is 6.87. The lowest BCUT2D eigenvalue weighted by atomic mass is 10.0. The molecular formula is C33H33BrClN3O4S. The summed E-state index contributed by atoms with van der Waals surface area (Å²) >= 11 is 9.60. The molecule has 1 atom stereocenters. The van der Waals surface area contributed by atoms with Crippen LogP contribution in [0.1, 0.15) is 23.6 Å². The summed E-state index contributed by atoms with van der Waals surface area (Å²) in [6, 6.07) is 28.7. The van der Waals surface area contributed by atoms with Gasteiger partial charge in [-0.1, -0.05) is 87.7 Å². The van der Waals surface area contributed by atoms with E-state index in [2.05, 4.69) is 21.2 Å². The van der Waals surface area contributed by atoms with Gasteiger partial charge in [0.1, 0.15) is 12.6 Å². The summed E-state index contributed by atoms with van der Waals surface area (Å²) in [7, 11) is -4.17. The van der Waals surface area contributed by atoms with E-state index in [9.17, 15) is 18.0 Å². The molecule has 0 fully saturated rings. The Morgan fingerprint density at radius 2 is 1.53 bits per heavy atom. The predicted octanol–water partition coefficient (Wildman–Crippen LogP) is 6.38. The molecule has 0 bridgehead atoms. The number of hydrogen-bond acceptors (Lipinski definition) is 4. The summed E-state index contributed by atoms with van der Waals surface area (Å²) in [4.78, 5) is 29.4. The Labute approximate surface area is 266 Å². The molecule has 0 aliphatic carbocycles. The standard InChI is InChI=1S/C33H33BrClN3O4S/c1-3-36-33(40)31(21-25-8-5-4-6-9-25)37(22-26-10-7-11-27(34)20-26)32(39)23-38(29-16-14-28(35)15-17-29)43(41,42)30-18-12-24(2)13-19-30/h4-20,31H,3,21-23H2,1-2H3,(H,36,40)/t31-/m1/s1. The number of carbonyl (C=O) groups excluding carboxylic acids is 2. The lowest BCUT2D eigenvalue weighted by Gasteiger charge is -2.34. The van der Waals surface area contributed by atoms with E-state index >= 15 is 0 Å². The van der Waals surface area contributed by atoms with Gasteiger partial charge in [0, 0.05) is 29.0 Å². The van der Waals surface area contributed by atoms with Crippen molar-refractivity contribution in [2.24, 2.45) is 0 Å². The molecule has 0 aliphatic heterocycles. The van der Waals surface area contributed by atoms with Crippen LogP contribution in [0, 0.1) is 6.92 Å². The van der Waals surface area contributed by atoms with E-state index in [1.54, 1.807) is 36.4 Å². The van der Waals surface area contributed by atoms with E-state index < -0.39 is 28.5 Å². The fourth-order valence-electron chi connectivity index (χ4n) is 4.65. The van der Waals surface area contributed by atoms with Gasteiger partial charge in [0.2, 0.25) is 11.8 Å². The summed E-state index contributed by atoms with van der Waals surface area (Å²) in [6.07, 6.45) is 0.248. The average Bonchev–Trinajstić information content (AvgIpc) is 2.99. The minimum Gasteiger partial charge on any atom is -0.355 e. The van der Waals surface area contributed by atoms with Crippen molar-refractivity contribution in [2.45, 2.75) is 37.8 Å². The maximum Gasteiger partial charge on any atom is 0.264 e. The first-order chi connectivity index (χ1) is 20.6. The number of amides is 2. The normalized spacial score (nSPS) is 11.9. The number of aryl methyl sites for hydroxylation is 1. The summed E-state index contributed by atoms with van der Waals surface area (Å²) in [6.45, 7) is 3.61. The Hall–Kier alpha value is -3.66. The van der Waals surface area contributed by atoms with Crippen LogP contribution >= 0.6 is 27.5 Å². The van der Waals surface area contributed by atoms with Gasteiger partial charge in [0.25, 0.3) is 10.0 Å². The molecule has 0 saturated heterocycles. The van der Waals surface area contributed by atoms with Crippen LogP contribution in [0.4, 0.5) is 5.69 Å². The number of benzene rings is 4. The van der Waals surface area contributed by atoms with Gasteiger partial charge >= 0.3 is 0 Å². The fourth-order valence-corrected chi connectivity index (χ4v) is 6.64. The highest BCUT2D eigenvalue weighted by Crippen LogP contribution is 2.27. The molecule has 0 unspecified atom stereocenters. The van der Waals surface area contributed by atoms with Crippen molar-refractivity contribution in [3.8, 4) is 0 Å². The highest BCUT2D eigenvalue weighted by Gasteiger charge is 2.34. The number of halogens is 2. The van der Waals surface area contributed by atoms with Gasteiger partial charge in [-0.3, -0.25) is 13.9 Å². The summed E-state index contributed by atoms with van der Waals surface area (Å²) < 4.78 is 29.9. The van der Waals surface area contributed by atoms with Crippen LogP contribution in [0.5, 0.6) is 0 Å². The highest BCUT2D eigenvalue weighted by atomic mass is 79.9. The van der Waals surface area contributed by atoms with Crippen LogP contribution in [-0.2, 0) is 32.6 Å². The Kier molecular flexibility index (Phi) is 11.0. The van der Waals surface area contributed by atoms with Gasteiger partial charge in [0.15, 0.2) is 0 Å². The largest absolute Gasteiger partial charge is 0.355 e. The van der Waals surface area contributed by atoms with Crippen molar-refractivity contribution in [3.05, 3.63) is 129 Å². The zero-order chi connectivity index (χ0) is 31.0. The van der Waals surface area contributed by atoms with Crippen molar-refractivity contribution in [3.63, 3.8) is 0 Å². The smallest absolute Gasteiger partial charge is 0.264 e. The zero-order valence-corrected chi connectivity index (χ0v) is 27.1. The predicted molar refractivity (Wildman–Crippen MR) is 174 cm³/mol. The molecule has 0 aromatic heterocycles. The lowest BCUT2D eigenvalue weighted by molar-refractivity contribution is -0.140. The molecular weight excluding hydrogens is 650 g/mol. The van der Waals surface area contributed by atoms with E-state index in [-0.39, 0.29) is 29.5 Å². The molecule has 7 nitrogen and oxygen atoms in total. The highest BCUT2D eigenvalue weighted by molar-refractivity contribution is 9.10. The Morgan fingerprint density at radius 3 is 2.16 bits per heavy atom. The fraction of sp³-hybridized carbons (Fsp3) is 0.212. The molecule has 0 saturated carbocycles. The molecule has 1 N–H and O–H groups in total. The van der Waals surface area contributed by atoms with Crippen molar-refractivity contribution in [2.75, 3.05) is 17.4 Å². The van der Waals surface area contributed by atoms with Crippen LogP contribution in [0.2, 0.25) is 5.02 Å². The molecule has 4 rings (SSSR count). The minimum absolute atomic E-state index is 0.0453. The molecule has 2 amide bonds. The van der Waals surface area contributed by atoms with Crippen molar-refractivity contribution >= 4 is 55.1 Å². The summed E-state index contributed by atoms with van der Waals surface area (Å²) in [5.41, 5.74) is 2.83. The van der Waals surface area contributed by atoms with Crippen LogP contribution < -0.4 is 9.62 Å². The van der Waals surface area contributed by atoms with E-state index in [0.29, 0.717) is 11.6 Å². The quantitative estimate of drug-likeness (QED) is 0.188. The Bertz CT molecular complexity index is 1650. The van der Waals surface area contributed by atoms with Crippen molar-refractivity contribution in [1.82, 2.24) is 10.2 Å². The summed E-state index contributed by atoms with van der Waals surface area (Å²) in [5, 5.41) is 3.29. The molecule has 43 heavy (non-hydrogen) atoms. The maximum atomic E-state index is 14.4. The molecule has 0 spiro atoms. The third kappa shape index (κ3) is 8.46. The van der Waals surface area contributed by atoms with Gasteiger partial charge in [-0.15, -0.1) is 0 Å². The van der Waals surface area contributed by atoms with Crippen LogP contribution in [0.3, 0.4) is 0 Å². The number of likely N-dealkylation sites (N-methyl/N-ethyl adjacent to an activating group) is 1. The molecule has 0 aliphatic rings. The minimum atomic E-state index is -4.17. The SMILES string of the molecule is CCNC(=O)[C@@H](Cc1ccccc1)N(Cc1cccc(Br)c1)C(=O)CN(c1ccc(Cl)cc1)S(=O)(=O)c1ccc(C)cc1. The number of anilines is 1. The van der Waals surface area contributed by atoms with E-state index in [0.717, 1.165) is 25.5 Å². The van der Waals surface area contributed by atoms with Crippen molar-refractivity contribution < 1.29 is 18.0 Å². The Morgan fingerprint density at radius 1 is 0.884 bits per heavy atom. The van der Waals surface area contributed by atoms with Crippen LogP contribution in [0.25, 0.3) is 0 Å². The van der Waals surface area contributed by atoms with Crippen molar-refractivity contribution in [1.29, 1.82) is 0 Å². The zero-order valence-electron chi connectivity index (χ0n) is 23.9. The van der Waals surface area contributed by atoms with E-state index in [1.165, 1.54) is 17.0 Å². The first-order valence-electron chi connectivity index (χ1n) is 13.8. The van der Waals surface area contributed by atoms with E-state index in [4.69, 9.17) is 11.6 Å². The number of nitrogens with one attached hydrogen (secondary N) is 1. The van der Waals surface area contributed by atoms with Gasteiger partial charge in [-0.2, -0.15) is 0 Å². The molecule has 4 aromatic rings. The van der Waals surface area contributed by atoms with Crippen LogP contribution in [-0.4, -0.2) is 44.3 Å². The molecule has 224 valence electrons. The molecule has 0 heterocycles. The van der Waals surface area contributed by atoms with Crippen LogP contribution in [0.15, 0.2) is 112 Å². The lowest BCUT2D eigenvalue weighted by Crippen LogP contribution is -2.53. The van der Waals surface area contributed by atoms with Gasteiger partial charge in [-0.25, -0.2) is 8.42 Å². The average molecular weight is 683 g/mol. The number of nitrogens with zero attached hydrogens (tertiary/aromatic N) is 2. The van der Waals surface area contributed by atoms with E-state index in [1.807, 2.05) is 68.4 Å². The molecule has 0 radical (unpaired) electrons. The topological polar surface area (TPSA) is 86.8 Å². The number of sulfonamides is 1. The van der Waals surface area contributed by atoms with Gasteiger partial charge in [0.05, 0.1) is 10.6 Å². The third-order valence-corrected chi connectivity index (χ3v) is 9.40. The van der Waals surface area contributed by atoms with Gasteiger partial charge < -0.3 is 10.2 Å².